The highest BCUT2D eigenvalue weighted by Crippen LogP contribution is 2.27. The number of carbonyl (C=O) groups is 1. The third-order valence-electron chi connectivity index (χ3n) is 2.86. The highest BCUT2D eigenvalue weighted by Gasteiger charge is 2.51. The molecule has 0 aromatic rings. The molecule has 1 N–H and O–H groups in total. The van der Waals surface area contributed by atoms with E-state index in [4.69, 9.17) is 0 Å². The maximum absolute atomic E-state index is 12.9. The summed E-state index contributed by atoms with van der Waals surface area (Å²) in [6.07, 6.45) is -2.57. The zero-order valence-corrected chi connectivity index (χ0v) is 10.8. The van der Waals surface area contributed by atoms with Gasteiger partial charge in [0.25, 0.3) is 5.91 Å². The van der Waals surface area contributed by atoms with Gasteiger partial charge in [-0.1, -0.05) is 0 Å². The van der Waals surface area contributed by atoms with E-state index in [1.807, 2.05) is 0 Å². The van der Waals surface area contributed by atoms with Crippen LogP contribution >= 0.6 is 12.4 Å². The monoisotopic (exact) mass is 292 g/mol. The Labute approximate surface area is 109 Å². The summed E-state index contributed by atoms with van der Waals surface area (Å²) in [5.41, 5.74) is 0. The summed E-state index contributed by atoms with van der Waals surface area (Å²) in [4.78, 5) is 12.1. The number of carbonyl (C=O) groups excluding carboxylic acids is 1. The minimum absolute atomic E-state index is 0. The van der Waals surface area contributed by atoms with E-state index >= 15 is 0 Å². The van der Waals surface area contributed by atoms with E-state index in [1.54, 1.807) is 7.05 Å². The average molecular weight is 293 g/mol. The molecule has 0 saturated carbocycles. The van der Waals surface area contributed by atoms with Crippen molar-refractivity contribution in [2.75, 3.05) is 26.7 Å². The highest BCUT2D eigenvalue weighted by atomic mass is 35.5. The molecule has 0 aliphatic carbocycles. The van der Waals surface area contributed by atoms with Gasteiger partial charge in [-0.15, -0.1) is 12.4 Å². The van der Waals surface area contributed by atoms with Gasteiger partial charge >= 0.3 is 12.3 Å². The summed E-state index contributed by atoms with van der Waals surface area (Å²) in [6.45, 7) is 0.827. The van der Waals surface area contributed by atoms with Crippen molar-refractivity contribution in [1.29, 1.82) is 0 Å². The molecule has 0 aromatic carbocycles. The van der Waals surface area contributed by atoms with Crippen LogP contribution in [0, 0.1) is 5.92 Å². The van der Waals surface area contributed by atoms with Gasteiger partial charge in [0.2, 0.25) is 0 Å². The molecule has 0 aromatic heterocycles. The van der Waals surface area contributed by atoms with Crippen LogP contribution in [0.25, 0.3) is 0 Å². The van der Waals surface area contributed by atoms with E-state index in [0.29, 0.717) is 13.0 Å². The van der Waals surface area contributed by atoms with Crippen LogP contribution in [-0.2, 0) is 4.79 Å². The van der Waals surface area contributed by atoms with E-state index in [9.17, 15) is 22.4 Å². The van der Waals surface area contributed by atoms with Gasteiger partial charge in [0.15, 0.2) is 0 Å². The number of rotatable bonds is 4. The Hall–Kier alpha value is -0.560. The van der Waals surface area contributed by atoms with Crippen LogP contribution in [0.1, 0.15) is 12.8 Å². The van der Waals surface area contributed by atoms with Crippen molar-refractivity contribution >= 4 is 18.3 Å². The van der Waals surface area contributed by atoms with E-state index in [0.717, 1.165) is 11.3 Å². The number of hydrogen-bond acceptors (Lipinski definition) is 2. The van der Waals surface area contributed by atoms with E-state index < -0.39 is 18.3 Å². The molecular weight excluding hydrogens is 276 g/mol. The van der Waals surface area contributed by atoms with E-state index in [2.05, 4.69) is 5.32 Å². The molecule has 1 rings (SSSR count). The van der Waals surface area contributed by atoms with Crippen LogP contribution in [0.3, 0.4) is 0 Å². The van der Waals surface area contributed by atoms with Crippen LogP contribution in [0.4, 0.5) is 17.6 Å². The zero-order chi connectivity index (χ0) is 13.1. The van der Waals surface area contributed by atoms with Crippen molar-refractivity contribution < 1.29 is 22.4 Å². The maximum atomic E-state index is 12.9. The summed E-state index contributed by atoms with van der Waals surface area (Å²) >= 11 is 0. The highest BCUT2D eigenvalue weighted by molar-refractivity contribution is 5.85. The largest absolute Gasteiger partial charge is 0.383 e. The van der Waals surface area contributed by atoms with Crippen LogP contribution in [0.15, 0.2) is 0 Å². The van der Waals surface area contributed by atoms with Crippen molar-refractivity contribution in [2.24, 2.45) is 5.92 Å². The Balaban J connectivity index is 0.00000289. The van der Waals surface area contributed by atoms with Crippen molar-refractivity contribution in [3.63, 3.8) is 0 Å². The molecule has 1 aliphatic heterocycles. The van der Waals surface area contributed by atoms with Crippen molar-refractivity contribution in [2.45, 2.75) is 25.2 Å². The number of alkyl halides is 4. The molecule has 1 amide bonds. The lowest BCUT2D eigenvalue weighted by atomic mass is 9.97. The first-order valence-corrected chi connectivity index (χ1v) is 5.49. The summed E-state index contributed by atoms with van der Waals surface area (Å²) in [5, 5.41) is 2.88. The molecule has 18 heavy (non-hydrogen) atoms. The Kier molecular flexibility index (Phi) is 6.91. The van der Waals surface area contributed by atoms with Crippen molar-refractivity contribution in [3.05, 3.63) is 0 Å². The molecule has 1 saturated heterocycles. The first-order valence-electron chi connectivity index (χ1n) is 5.49. The third-order valence-corrected chi connectivity index (χ3v) is 2.86. The third kappa shape index (κ3) is 3.98. The summed E-state index contributed by atoms with van der Waals surface area (Å²) < 4.78 is 49.9. The van der Waals surface area contributed by atoms with Gasteiger partial charge in [-0.25, -0.2) is 8.78 Å². The number of amides is 1. The molecule has 3 nitrogen and oxygen atoms in total. The molecule has 0 spiro atoms. The quantitative estimate of drug-likeness (QED) is 0.801. The second-order valence-corrected chi connectivity index (χ2v) is 4.24. The SMILES string of the molecule is CNCC1CCCN(C(=O)C(F)(F)C(F)F)C1.Cl. The number of piperidine rings is 1. The topological polar surface area (TPSA) is 32.3 Å². The van der Waals surface area contributed by atoms with Gasteiger partial charge in [0.1, 0.15) is 0 Å². The normalized spacial score (nSPS) is 20.8. The molecule has 1 unspecified atom stereocenters. The van der Waals surface area contributed by atoms with Gasteiger partial charge in [0, 0.05) is 13.1 Å². The van der Waals surface area contributed by atoms with Gasteiger partial charge in [-0.3, -0.25) is 4.79 Å². The molecule has 108 valence electrons. The minimum atomic E-state index is -4.57. The Bertz CT molecular complexity index is 277. The first kappa shape index (κ1) is 17.4. The molecule has 0 bridgehead atoms. The standard InChI is InChI=1S/C10H16F4N2O.ClH/c1-15-5-7-3-2-4-16(6-7)9(17)10(13,14)8(11)12;/h7-8,15H,2-6H2,1H3;1H. The van der Waals surface area contributed by atoms with Crippen LogP contribution in [-0.4, -0.2) is 49.8 Å². The second-order valence-electron chi connectivity index (χ2n) is 4.24. The molecule has 1 heterocycles. The number of likely N-dealkylation sites (tertiary alicyclic amines) is 1. The summed E-state index contributed by atoms with van der Waals surface area (Å²) in [5.74, 6) is -6.28. The van der Waals surface area contributed by atoms with Crippen LogP contribution in [0.2, 0.25) is 0 Å². The first-order chi connectivity index (χ1) is 7.89. The fourth-order valence-corrected chi connectivity index (χ4v) is 2.01. The fraction of sp³-hybridized carbons (Fsp3) is 0.900. The Morgan fingerprint density at radius 1 is 1.50 bits per heavy atom. The van der Waals surface area contributed by atoms with Gasteiger partial charge in [-0.05, 0) is 32.4 Å². The predicted octanol–water partition coefficient (Wildman–Crippen LogP) is 1.77. The lowest BCUT2D eigenvalue weighted by Crippen LogP contribution is -2.51. The molecule has 1 aliphatic rings. The average Bonchev–Trinajstić information content (AvgIpc) is 2.28. The molecule has 0 radical (unpaired) electrons. The number of halogens is 5. The maximum Gasteiger partial charge on any atom is 0.383 e. The number of nitrogens with one attached hydrogen (secondary N) is 1. The predicted molar refractivity (Wildman–Crippen MR) is 61.4 cm³/mol. The van der Waals surface area contributed by atoms with E-state index in [-0.39, 0.29) is 31.4 Å². The zero-order valence-electron chi connectivity index (χ0n) is 9.97. The van der Waals surface area contributed by atoms with Gasteiger partial charge in [0.05, 0.1) is 0 Å². The molecular formula is C10H17ClF4N2O. The second kappa shape index (κ2) is 7.13. The minimum Gasteiger partial charge on any atom is -0.337 e. The molecule has 1 atom stereocenters. The van der Waals surface area contributed by atoms with Crippen molar-refractivity contribution in [3.8, 4) is 0 Å². The Morgan fingerprint density at radius 2 is 2.11 bits per heavy atom. The van der Waals surface area contributed by atoms with Crippen molar-refractivity contribution in [1.82, 2.24) is 10.2 Å². The van der Waals surface area contributed by atoms with Gasteiger partial charge < -0.3 is 10.2 Å². The fourth-order valence-electron chi connectivity index (χ4n) is 2.01. The lowest BCUT2D eigenvalue weighted by Gasteiger charge is -2.34. The lowest BCUT2D eigenvalue weighted by molar-refractivity contribution is -0.182. The van der Waals surface area contributed by atoms with Crippen LogP contribution in [0.5, 0.6) is 0 Å². The summed E-state index contributed by atoms with van der Waals surface area (Å²) in [6, 6.07) is 0. The Morgan fingerprint density at radius 3 is 2.61 bits per heavy atom. The number of nitrogens with zero attached hydrogens (tertiary/aromatic N) is 1. The van der Waals surface area contributed by atoms with Crippen LogP contribution < -0.4 is 5.32 Å². The summed E-state index contributed by atoms with van der Waals surface area (Å²) in [7, 11) is 1.72. The molecule has 8 heteroatoms. The molecule has 1 fully saturated rings. The number of hydrogen-bond donors (Lipinski definition) is 1. The smallest absolute Gasteiger partial charge is 0.337 e. The van der Waals surface area contributed by atoms with Gasteiger partial charge in [-0.2, -0.15) is 8.78 Å². The van der Waals surface area contributed by atoms with E-state index in [1.165, 1.54) is 0 Å².